The minimum atomic E-state index is 0. The lowest BCUT2D eigenvalue weighted by molar-refractivity contribution is 0.0827. The molecule has 1 aromatic carbocycles. The number of nitrogens with one attached hydrogen (secondary N) is 2. The monoisotopic (exact) mass is 448 g/mol. The van der Waals surface area contributed by atoms with Crippen molar-refractivity contribution in [3.63, 3.8) is 0 Å². The van der Waals surface area contributed by atoms with E-state index >= 15 is 0 Å². The van der Waals surface area contributed by atoms with E-state index in [-0.39, 0.29) is 29.9 Å². The Hall–Kier alpha value is -1.35. The highest BCUT2D eigenvalue weighted by Gasteiger charge is 2.07. The first-order chi connectivity index (χ1) is 11.1. The Bertz CT molecular complexity index is 504. The first kappa shape index (κ1) is 22.6. The van der Waals surface area contributed by atoms with Gasteiger partial charge in [-0.15, -0.1) is 24.0 Å². The van der Waals surface area contributed by atoms with Gasteiger partial charge < -0.3 is 20.3 Å². The third-order valence-corrected chi connectivity index (χ3v) is 3.11. The summed E-state index contributed by atoms with van der Waals surface area (Å²) in [6, 6.07) is 7.54. The van der Waals surface area contributed by atoms with Crippen LogP contribution in [0.1, 0.15) is 29.8 Å². The molecule has 2 N–H and O–H groups in total. The summed E-state index contributed by atoms with van der Waals surface area (Å²) >= 11 is 0. The molecule has 0 saturated heterocycles. The van der Waals surface area contributed by atoms with Gasteiger partial charge in [-0.2, -0.15) is 0 Å². The van der Waals surface area contributed by atoms with Gasteiger partial charge in [-0.05, 0) is 31.5 Å². The van der Waals surface area contributed by atoms with Gasteiger partial charge in [-0.25, -0.2) is 4.99 Å². The third kappa shape index (κ3) is 8.49. The highest BCUT2D eigenvalue weighted by atomic mass is 127. The number of carbonyl (C=O) groups is 1. The van der Waals surface area contributed by atoms with Gasteiger partial charge in [0, 0.05) is 39.4 Å². The lowest BCUT2D eigenvalue weighted by Gasteiger charge is -2.12. The molecular weight excluding hydrogens is 419 g/mol. The maximum Gasteiger partial charge on any atom is 0.253 e. The van der Waals surface area contributed by atoms with Gasteiger partial charge in [0.15, 0.2) is 5.96 Å². The highest BCUT2D eigenvalue weighted by Crippen LogP contribution is 2.07. The predicted octanol–water partition coefficient (Wildman–Crippen LogP) is 2.10. The smallest absolute Gasteiger partial charge is 0.253 e. The van der Waals surface area contributed by atoms with Crippen molar-refractivity contribution in [2.45, 2.75) is 20.4 Å². The van der Waals surface area contributed by atoms with Crippen LogP contribution in [-0.2, 0) is 11.3 Å². The van der Waals surface area contributed by atoms with Gasteiger partial charge in [0.05, 0.1) is 13.2 Å². The second-order valence-electron chi connectivity index (χ2n) is 5.22. The van der Waals surface area contributed by atoms with E-state index in [1.807, 2.05) is 38.1 Å². The van der Waals surface area contributed by atoms with Crippen LogP contribution in [0.5, 0.6) is 0 Å². The number of aliphatic imine (C=N–C) groups is 1. The molecule has 0 unspecified atom stereocenters. The maximum atomic E-state index is 11.8. The Kier molecular flexibility index (Phi) is 12.3. The van der Waals surface area contributed by atoms with Crippen LogP contribution >= 0.6 is 24.0 Å². The van der Waals surface area contributed by atoms with E-state index in [0.717, 1.165) is 24.6 Å². The number of halogens is 1. The van der Waals surface area contributed by atoms with E-state index in [2.05, 4.69) is 15.6 Å². The zero-order valence-corrected chi connectivity index (χ0v) is 17.3. The van der Waals surface area contributed by atoms with Crippen LogP contribution in [0.3, 0.4) is 0 Å². The fourth-order valence-corrected chi connectivity index (χ4v) is 1.91. The number of ether oxygens (including phenoxy) is 1. The molecule has 0 saturated carbocycles. The Morgan fingerprint density at radius 3 is 2.38 bits per heavy atom. The fourth-order valence-electron chi connectivity index (χ4n) is 1.91. The molecule has 0 heterocycles. The van der Waals surface area contributed by atoms with Gasteiger partial charge in [-0.3, -0.25) is 4.79 Å². The Labute approximate surface area is 162 Å². The van der Waals surface area contributed by atoms with Crippen molar-refractivity contribution in [2.75, 3.05) is 40.4 Å². The number of amides is 1. The van der Waals surface area contributed by atoms with Crippen LogP contribution in [0.4, 0.5) is 0 Å². The van der Waals surface area contributed by atoms with Crippen LogP contribution < -0.4 is 10.6 Å². The van der Waals surface area contributed by atoms with Gasteiger partial charge in [-0.1, -0.05) is 12.1 Å². The summed E-state index contributed by atoms with van der Waals surface area (Å²) in [6.07, 6.45) is 0. The number of nitrogens with zero attached hydrogens (tertiary/aromatic N) is 2. The first-order valence-electron chi connectivity index (χ1n) is 7.99. The molecule has 1 aromatic rings. The highest BCUT2D eigenvalue weighted by molar-refractivity contribution is 14.0. The van der Waals surface area contributed by atoms with E-state index < -0.39 is 0 Å². The predicted molar refractivity (Wildman–Crippen MR) is 109 cm³/mol. The van der Waals surface area contributed by atoms with E-state index in [1.165, 1.54) is 0 Å². The second kappa shape index (κ2) is 13.0. The van der Waals surface area contributed by atoms with Crippen LogP contribution in [-0.4, -0.2) is 57.2 Å². The zero-order chi connectivity index (χ0) is 17.1. The van der Waals surface area contributed by atoms with Crippen molar-refractivity contribution in [3.05, 3.63) is 35.4 Å². The molecule has 0 aliphatic carbocycles. The van der Waals surface area contributed by atoms with Crippen LogP contribution in [0.15, 0.2) is 29.3 Å². The Morgan fingerprint density at radius 1 is 1.17 bits per heavy atom. The minimum Gasteiger partial charge on any atom is -0.380 e. The molecule has 24 heavy (non-hydrogen) atoms. The lowest BCUT2D eigenvalue weighted by Crippen LogP contribution is -2.39. The van der Waals surface area contributed by atoms with Crippen molar-refractivity contribution in [2.24, 2.45) is 4.99 Å². The lowest BCUT2D eigenvalue weighted by atomic mass is 10.1. The summed E-state index contributed by atoms with van der Waals surface area (Å²) in [4.78, 5) is 17.9. The van der Waals surface area contributed by atoms with Gasteiger partial charge in [0.2, 0.25) is 0 Å². The van der Waals surface area contributed by atoms with Crippen molar-refractivity contribution in [1.29, 1.82) is 0 Å². The van der Waals surface area contributed by atoms with Crippen LogP contribution in [0.2, 0.25) is 0 Å². The third-order valence-electron chi connectivity index (χ3n) is 3.11. The largest absolute Gasteiger partial charge is 0.380 e. The van der Waals surface area contributed by atoms with E-state index in [1.54, 1.807) is 19.0 Å². The van der Waals surface area contributed by atoms with E-state index in [4.69, 9.17) is 4.74 Å². The molecule has 0 aliphatic rings. The number of hydrogen-bond acceptors (Lipinski definition) is 3. The molecule has 136 valence electrons. The molecule has 0 fully saturated rings. The molecule has 0 atom stereocenters. The molecular formula is C17H29IN4O2. The van der Waals surface area contributed by atoms with Crippen molar-refractivity contribution >= 4 is 35.8 Å². The topological polar surface area (TPSA) is 66.0 Å². The summed E-state index contributed by atoms with van der Waals surface area (Å²) in [5, 5.41) is 6.42. The van der Waals surface area contributed by atoms with Gasteiger partial charge >= 0.3 is 0 Å². The van der Waals surface area contributed by atoms with Gasteiger partial charge in [0.25, 0.3) is 5.91 Å². The quantitative estimate of drug-likeness (QED) is 0.277. The fraction of sp³-hybridized carbons (Fsp3) is 0.529. The molecule has 1 amide bonds. The summed E-state index contributed by atoms with van der Waals surface area (Å²) in [5.74, 6) is 0.770. The average Bonchev–Trinajstić information content (AvgIpc) is 2.56. The molecule has 0 aromatic heterocycles. The summed E-state index contributed by atoms with van der Waals surface area (Å²) < 4.78 is 5.30. The van der Waals surface area contributed by atoms with Crippen LogP contribution in [0.25, 0.3) is 0 Å². The SMILES string of the molecule is CCNC(=NCc1ccc(C(=O)N(C)C)cc1)NCCOCC.I. The Balaban J connectivity index is 0.00000529. The first-order valence-corrected chi connectivity index (χ1v) is 7.99. The molecule has 7 heteroatoms. The molecule has 0 radical (unpaired) electrons. The van der Waals surface area contributed by atoms with E-state index in [0.29, 0.717) is 25.3 Å². The maximum absolute atomic E-state index is 11.8. The molecule has 0 bridgehead atoms. The number of rotatable bonds is 8. The normalized spacial score (nSPS) is 10.8. The summed E-state index contributed by atoms with van der Waals surface area (Å²) in [7, 11) is 3.49. The van der Waals surface area contributed by atoms with E-state index in [9.17, 15) is 4.79 Å². The summed E-state index contributed by atoms with van der Waals surface area (Å²) in [5.41, 5.74) is 1.74. The van der Waals surface area contributed by atoms with Crippen LogP contribution in [0, 0.1) is 0 Å². The summed E-state index contributed by atoms with van der Waals surface area (Å²) in [6.45, 7) is 7.45. The number of hydrogen-bond donors (Lipinski definition) is 2. The number of guanidine groups is 1. The number of benzene rings is 1. The second-order valence-corrected chi connectivity index (χ2v) is 5.22. The van der Waals surface area contributed by atoms with Gasteiger partial charge in [0.1, 0.15) is 0 Å². The Morgan fingerprint density at radius 2 is 1.83 bits per heavy atom. The van der Waals surface area contributed by atoms with Crippen molar-refractivity contribution < 1.29 is 9.53 Å². The molecule has 6 nitrogen and oxygen atoms in total. The number of carbonyl (C=O) groups excluding carboxylic acids is 1. The van der Waals surface area contributed by atoms with Crippen molar-refractivity contribution in [3.8, 4) is 0 Å². The molecule has 0 spiro atoms. The minimum absolute atomic E-state index is 0. The zero-order valence-electron chi connectivity index (χ0n) is 15.0. The average molecular weight is 448 g/mol. The molecule has 0 aliphatic heterocycles. The van der Waals surface area contributed by atoms with Crippen molar-refractivity contribution in [1.82, 2.24) is 15.5 Å². The molecule has 1 rings (SSSR count). The standard InChI is InChI=1S/C17H28N4O2.HI/c1-5-18-17(19-11-12-23-6-2)20-13-14-7-9-15(10-8-14)16(22)21(3)4;/h7-10H,5-6,11-13H2,1-4H3,(H2,18,19,20);1H.